The van der Waals surface area contributed by atoms with Gasteiger partial charge in [0, 0.05) is 0 Å². The van der Waals surface area contributed by atoms with Crippen LogP contribution in [-0.2, 0) is 9.59 Å². The standard InChI is InChI=1S/C5H8O2.Na.H/c1-4(3-6)5(2)7;;/h3-4H,1-2H3;;/q;+1;-1. The third kappa shape index (κ3) is 4.50. The van der Waals surface area contributed by atoms with E-state index < -0.39 is 5.92 Å². The second kappa shape index (κ2) is 5.48. The van der Waals surface area contributed by atoms with Crippen LogP contribution in [0.15, 0.2) is 0 Å². The van der Waals surface area contributed by atoms with E-state index in [9.17, 15) is 9.59 Å². The molecule has 0 N–H and O–H groups in total. The topological polar surface area (TPSA) is 34.1 Å². The van der Waals surface area contributed by atoms with Crippen LogP contribution < -0.4 is 29.6 Å². The van der Waals surface area contributed by atoms with Crippen molar-refractivity contribution in [2.45, 2.75) is 13.8 Å². The zero-order valence-electron chi connectivity index (χ0n) is 6.47. The Hall–Kier alpha value is 0.340. The Morgan fingerprint density at radius 3 is 2.12 bits per heavy atom. The molecule has 0 aromatic heterocycles. The van der Waals surface area contributed by atoms with Crippen molar-refractivity contribution in [2.75, 3.05) is 0 Å². The number of ketones is 1. The minimum Gasteiger partial charge on any atom is -1.00 e. The molecule has 0 saturated heterocycles. The zero-order valence-corrected chi connectivity index (χ0v) is 7.47. The first-order valence-electron chi connectivity index (χ1n) is 2.14. The Kier molecular flexibility index (Phi) is 7.65. The quantitative estimate of drug-likeness (QED) is 0.232. The van der Waals surface area contributed by atoms with E-state index in [4.69, 9.17) is 0 Å². The predicted molar refractivity (Wildman–Crippen MR) is 27.0 cm³/mol. The van der Waals surface area contributed by atoms with Crippen LogP contribution in [0, 0.1) is 5.92 Å². The molecule has 1 atom stereocenters. The van der Waals surface area contributed by atoms with Crippen molar-refractivity contribution in [3.63, 3.8) is 0 Å². The Balaban J connectivity index is -0.000000180. The Morgan fingerprint density at radius 1 is 1.75 bits per heavy atom. The molecule has 0 rings (SSSR count). The maximum Gasteiger partial charge on any atom is 1.00 e. The van der Waals surface area contributed by atoms with E-state index in [-0.39, 0.29) is 36.8 Å². The molecular formula is C5H9NaO2. The van der Waals surface area contributed by atoms with Gasteiger partial charge < -0.3 is 6.22 Å². The van der Waals surface area contributed by atoms with E-state index in [0.717, 1.165) is 0 Å². The van der Waals surface area contributed by atoms with Gasteiger partial charge in [0.25, 0.3) is 0 Å². The van der Waals surface area contributed by atoms with Crippen LogP contribution >= 0.6 is 0 Å². The van der Waals surface area contributed by atoms with Gasteiger partial charge in [-0.2, -0.15) is 0 Å². The summed E-state index contributed by atoms with van der Waals surface area (Å²) in [5.74, 6) is -0.491. The van der Waals surface area contributed by atoms with Gasteiger partial charge >= 0.3 is 29.6 Å². The van der Waals surface area contributed by atoms with Gasteiger partial charge in [0.2, 0.25) is 0 Å². The monoisotopic (exact) mass is 124 g/mol. The summed E-state index contributed by atoms with van der Waals surface area (Å²) < 4.78 is 0. The van der Waals surface area contributed by atoms with Gasteiger partial charge in [0.1, 0.15) is 12.1 Å². The molecule has 1 unspecified atom stereocenters. The molecule has 8 heavy (non-hydrogen) atoms. The van der Waals surface area contributed by atoms with E-state index in [1.54, 1.807) is 6.92 Å². The van der Waals surface area contributed by atoms with Crippen molar-refractivity contribution in [2.24, 2.45) is 5.92 Å². The van der Waals surface area contributed by atoms with Crippen LogP contribution in [0.25, 0.3) is 0 Å². The van der Waals surface area contributed by atoms with Crippen molar-refractivity contribution < 1.29 is 40.6 Å². The number of hydrogen-bond acceptors (Lipinski definition) is 2. The maximum atomic E-state index is 10.1. The normalized spacial score (nSPS) is 11.2. The molecule has 0 aliphatic heterocycles. The Bertz CT molecular complexity index is 95.0. The van der Waals surface area contributed by atoms with Crippen LogP contribution in [-0.4, -0.2) is 12.1 Å². The molecule has 3 heteroatoms. The number of rotatable bonds is 2. The summed E-state index contributed by atoms with van der Waals surface area (Å²) in [5.41, 5.74) is 0. The SMILES string of the molecule is CC(=O)C(C)C=O.[H-].[Na+]. The molecular weight excluding hydrogens is 115 g/mol. The smallest absolute Gasteiger partial charge is 1.00 e. The summed E-state index contributed by atoms with van der Waals surface area (Å²) in [6.45, 7) is 2.98. The second-order valence-corrected chi connectivity index (χ2v) is 1.54. The van der Waals surface area contributed by atoms with E-state index in [2.05, 4.69) is 0 Å². The fourth-order valence-corrected chi connectivity index (χ4v) is 0.0958. The maximum absolute atomic E-state index is 10.1. The van der Waals surface area contributed by atoms with Crippen LogP contribution in [0.4, 0.5) is 0 Å². The largest absolute Gasteiger partial charge is 1.00 e. The van der Waals surface area contributed by atoms with Crippen LogP contribution in [0.5, 0.6) is 0 Å². The van der Waals surface area contributed by atoms with Gasteiger partial charge in [-0.15, -0.1) is 0 Å². The van der Waals surface area contributed by atoms with Crippen LogP contribution in [0.3, 0.4) is 0 Å². The first-order chi connectivity index (χ1) is 3.18. The van der Waals surface area contributed by atoms with Gasteiger partial charge in [-0.05, 0) is 13.8 Å². The minimum absolute atomic E-state index is 0. The van der Waals surface area contributed by atoms with Gasteiger partial charge in [-0.3, -0.25) is 4.79 Å². The molecule has 0 saturated carbocycles. The van der Waals surface area contributed by atoms with Gasteiger partial charge in [-0.25, -0.2) is 0 Å². The van der Waals surface area contributed by atoms with Gasteiger partial charge in [0.15, 0.2) is 0 Å². The molecule has 0 heterocycles. The fraction of sp³-hybridized carbons (Fsp3) is 0.600. The van der Waals surface area contributed by atoms with E-state index in [1.165, 1.54) is 6.92 Å². The molecule has 2 nitrogen and oxygen atoms in total. The molecule has 0 spiro atoms. The van der Waals surface area contributed by atoms with Gasteiger partial charge in [0.05, 0.1) is 5.92 Å². The Labute approximate surface area is 72.4 Å². The summed E-state index contributed by atoms with van der Waals surface area (Å²) in [7, 11) is 0. The van der Waals surface area contributed by atoms with E-state index in [1.807, 2.05) is 0 Å². The summed E-state index contributed by atoms with van der Waals surface area (Å²) in [6.07, 6.45) is 0.641. The number of carbonyl (C=O) groups excluding carboxylic acids is 2. The van der Waals surface area contributed by atoms with Crippen LogP contribution in [0.2, 0.25) is 0 Å². The first-order valence-corrected chi connectivity index (χ1v) is 2.14. The first kappa shape index (κ1) is 11.2. The van der Waals surface area contributed by atoms with Crippen molar-refractivity contribution in [3.8, 4) is 0 Å². The summed E-state index contributed by atoms with van der Waals surface area (Å²) in [4.78, 5) is 19.9. The average Bonchev–Trinajstić information content (AvgIpc) is 1.65. The predicted octanol–water partition coefficient (Wildman–Crippen LogP) is -2.47. The number of hydrogen-bond donors (Lipinski definition) is 0. The van der Waals surface area contributed by atoms with Crippen molar-refractivity contribution in [3.05, 3.63) is 0 Å². The summed E-state index contributed by atoms with van der Waals surface area (Å²) in [6, 6.07) is 0. The Morgan fingerprint density at radius 2 is 2.12 bits per heavy atom. The van der Waals surface area contributed by atoms with Crippen molar-refractivity contribution in [1.29, 1.82) is 0 Å². The molecule has 0 aliphatic rings. The third-order valence-corrected chi connectivity index (χ3v) is 0.845. The molecule has 0 amide bonds. The summed E-state index contributed by atoms with van der Waals surface area (Å²) >= 11 is 0. The molecule has 0 bridgehead atoms. The third-order valence-electron chi connectivity index (χ3n) is 0.845. The van der Waals surface area contributed by atoms with Crippen LogP contribution in [0.1, 0.15) is 15.3 Å². The molecule has 0 aliphatic carbocycles. The number of Topliss-reactive ketones (excluding diaryl/α,β-unsaturated/α-hetero) is 1. The molecule has 0 aromatic rings. The molecule has 42 valence electrons. The number of carbonyl (C=O) groups is 2. The molecule has 0 fully saturated rings. The van der Waals surface area contributed by atoms with E-state index in [0.29, 0.717) is 6.29 Å². The minimum atomic E-state index is -0.417. The summed E-state index contributed by atoms with van der Waals surface area (Å²) in [5, 5.41) is 0. The molecule has 0 aromatic carbocycles. The molecule has 0 radical (unpaired) electrons. The zero-order chi connectivity index (χ0) is 5.86. The van der Waals surface area contributed by atoms with Gasteiger partial charge in [-0.1, -0.05) is 0 Å². The van der Waals surface area contributed by atoms with Crippen molar-refractivity contribution in [1.82, 2.24) is 0 Å². The van der Waals surface area contributed by atoms with Crippen molar-refractivity contribution >= 4 is 12.1 Å². The van der Waals surface area contributed by atoms with E-state index >= 15 is 0 Å². The number of aldehydes is 1. The fourth-order valence-electron chi connectivity index (χ4n) is 0.0958. The average molecular weight is 124 g/mol. The second-order valence-electron chi connectivity index (χ2n) is 1.54.